The van der Waals surface area contributed by atoms with E-state index in [1.807, 2.05) is 0 Å². The third-order valence-corrected chi connectivity index (χ3v) is 2.55. The molecule has 1 heterocycles. The van der Waals surface area contributed by atoms with Crippen molar-refractivity contribution in [3.8, 4) is 5.75 Å². The molecule has 0 aliphatic carbocycles. The highest BCUT2D eigenvalue weighted by Gasteiger charge is 2.18. The molecule has 1 atom stereocenters. The van der Waals surface area contributed by atoms with Crippen LogP contribution in [-0.4, -0.2) is 43.6 Å². The first-order valence-electron chi connectivity index (χ1n) is 5.62. The van der Waals surface area contributed by atoms with Crippen molar-refractivity contribution >= 4 is 0 Å². The fourth-order valence-corrected chi connectivity index (χ4v) is 1.46. The van der Waals surface area contributed by atoms with Gasteiger partial charge in [-0.05, 0) is 12.1 Å². The molecule has 0 spiro atoms. The fourth-order valence-electron chi connectivity index (χ4n) is 1.46. The molecule has 1 aromatic carbocycles. The maximum Gasteiger partial charge on any atom is 0.165 e. The van der Waals surface area contributed by atoms with E-state index in [2.05, 4.69) is 5.32 Å². The molecule has 0 saturated carbocycles. The molecule has 2 rings (SSSR count). The Labute approximate surface area is 99.4 Å². The van der Waals surface area contributed by atoms with Crippen molar-refractivity contribution in [3.05, 3.63) is 30.1 Å². The van der Waals surface area contributed by atoms with Gasteiger partial charge in [0.05, 0.1) is 19.3 Å². The first-order valence-corrected chi connectivity index (χ1v) is 5.62. The minimum absolute atomic E-state index is 0.0709. The molecule has 17 heavy (non-hydrogen) atoms. The summed E-state index contributed by atoms with van der Waals surface area (Å²) in [5.74, 6) is -0.251. The highest BCUT2D eigenvalue weighted by Crippen LogP contribution is 2.15. The van der Waals surface area contributed by atoms with Gasteiger partial charge >= 0.3 is 0 Å². The molecular weight excluding hydrogens is 225 g/mol. The Morgan fingerprint density at radius 1 is 1.47 bits per heavy atom. The number of rotatable bonds is 6. The Hall–Kier alpha value is -1.17. The van der Waals surface area contributed by atoms with Crippen molar-refractivity contribution in [2.24, 2.45) is 0 Å². The molecule has 1 aromatic rings. The first-order chi connectivity index (χ1) is 8.25. The number of nitrogens with one attached hydrogen (secondary N) is 1. The number of hydrogen-bond donors (Lipinski definition) is 2. The van der Waals surface area contributed by atoms with Crippen LogP contribution in [0.2, 0.25) is 0 Å². The molecule has 94 valence electrons. The van der Waals surface area contributed by atoms with Gasteiger partial charge in [0, 0.05) is 6.54 Å². The molecule has 0 bridgehead atoms. The number of hydrogen-bond acceptors (Lipinski definition) is 4. The largest absolute Gasteiger partial charge is 0.488 e. The SMILES string of the molecule is OC(CNC1COC1)COc1ccccc1F. The van der Waals surface area contributed by atoms with E-state index in [0.29, 0.717) is 25.8 Å². The molecule has 4 nitrogen and oxygen atoms in total. The molecule has 1 fully saturated rings. The summed E-state index contributed by atoms with van der Waals surface area (Å²) in [6.45, 7) is 1.85. The first kappa shape index (κ1) is 12.3. The van der Waals surface area contributed by atoms with Crippen LogP contribution in [0.4, 0.5) is 4.39 Å². The third-order valence-electron chi connectivity index (χ3n) is 2.55. The van der Waals surface area contributed by atoms with Gasteiger partial charge in [0.15, 0.2) is 11.6 Å². The maximum absolute atomic E-state index is 13.2. The summed E-state index contributed by atoms with van der Waals surface area (Å²) in [7, 11) is 0. The van der Waals surface area contributed by atoms with Crippen molar-refractivity contribution in [2.75, 3.05) is 26.4 Å². The van der Waals surface area contributed by atoms with Gasteiger partial charge in [0.2, 0.25) is 0 Å². The van der Waals surface area contributed by atoms with Crippen LogP contribution < -0.4 is 10.1 Å². The number of aliphatic hydroxyl groups is 1. The number of benzene rings is 1. The standard InChI is InChI=1S/C12H16FNO3/c13-11-3-1-2-4-12(11)17-8-10(15)5-14-9-6-16-7-9/h1-4,9-10,14-15H,5-8H2. The smallest absolute Gasteiger partial charge is 0.165 e. The lowest BCUT2D eigenvalue weighted by Gasteiger charge is -2.28. The molecule has 5 heteroatoms. The topological polar surface area (TPSA) is 50.7 Å². The van der Waals surface area contributed by atoms with Crippen LogP contribution in [0.3, 0.4) is 0 Å². The normalized spacial score (nSPS) is 17.5. The predicted molar refractivity (Wildman–Crippen MR) is 60.5 cm³/mol. The minimum atomic E-state index is -0.657. The van der Waals surface area contributed by atoms with Gasteiger partial charge in [0.25, 0.3) is 0 Å². The molecule has 1 aliphatic heterocycles. The van der Waals surface area contributed by atoms with Crippen LogP contribution in [-0.2, 0) is 4.74 Å². The lowest BCUT2D eigenvalue weighted by Crippen LogP contribution is -2.49. The van der Waals surface area contributed by atoms with Crippen LogP contribution in [0.1, 0.15) is 0 Å². The van der Waals surface area contributed by atoms with E-state index in [9.17, 15) is 9.50 Å². The van der Waals surface area contributed by atoms with E-state index in [4.69, 9.17) is 9.47 Å². The number of aliphatic hydroxyl groups excluding tert-OH is 1. The van der Waals surface area contributed by atoms with E-state index >= 15 is 0 Å². The molecule has 1 unspecified atom stereocenters. The molecule has 0 aromatic heterocycles. The lowest BCUT2D eigenvalue weighted by atomic mass is 10.2. The molecule has 1 aliphatic rings. The Bertz CT molecular complexity index is 357. The summed E-state index contributed by atoms with van der Waals surface area (Å²) in [5.41, 5.74) is 0. The summed E-state index contributed by atoms with van der Waals surface area (Å²) in [6.07, 6.45) is -0.657. The summed E-state index contributed by atoms with van der Waals surface area (Å²) in [6, 6.07) is 6.46. The molecule has 0 amide bonds. The predicted octanol–water partition coefficient (Wildman–Crippen LogP) is 0.554. The van der Waals surface area contributed by atoms with Crippen molar-refractivity contribution < 1.29 is 19.0 Å². The second-order valence-electron chi connectivity index (χ2n) is 4.04. The Morgan fingerprint density at radius 3 is 2.88 bits per heavy atom. The second-order valence-corrected chi connectivity index (χ2v) is 4.04. The average molecular weight is 241 g/mol. The molecule has 2 N–H and O–H groups in total. The lowest BCUT2D eigenvalue weighted by molar-refractivity contribution is -0.0119. The zero-order valence-corrected chi connectivity index (χ0v) is 9.43. The van der Waals surface area contributed by atoms with Gasteiger partial charge in [-0.1, -0.05) is 12.1 Å². The number of para-hydroxylation sites is 1. The fraction of sp³-hybridized carbons (Fsp3) is 0.500. The summed E-state index contributed by atoms with van der Waals surface area (Å²) < 4.78 is 23.4. The summed E-state index contributed by atoms with van der Waals surface area (Å²) in [4.78, 5) is 0. The monoisotopic (exact) mass is 241 g/mol. The number of halogens is 1. The van der Waals surface area contributed by atoms with Crippen molar-refractivity contribution in [1.29, 1.82) is 0 Å². The minimum Gasteiger partial charge on any atom is -0.488 e. The van der Waals surface area contributed by atoms with Gasteiger partial charge in [-0.25, -0.2) is 4.39 Å². The quantitative estimate of drug-likeness (QED) is 0.764. The van der Waals surface area contributed by atoms with Gasteiger partial charge in [-0.2, -0.15) is 0 Å². The van der Waals surface area contributed by atoms with E-state index in [1.165, 1.54) is 12.1 Å². The van der Waals surface area contributed by atoms with E-state index in [0.717, 1.165) is 0 Å². The van der Waals surface area contributed by atoms with E-state index in [1.54, 1.807) is 12.1 Å². The third kappa shape index (κ3) is 3.66. The van der Waals surface area contributed by atoms with Crippen LogP contribution in [0.15, 0.2) is 24.3 Å². The van der Waals surface area contributed by atoms with Crippen LogP contribution in [0.5, 0.6) is 5.75 Å². The molecular formula is C12H16FNO3. The van der Waals surface area contributed by atoms with Crippen LogP contribution in [0, 0.1) is 5.82 Å². The molecule has 1 saturated heterocycles. The zero-order chi connectivity index (χ0) is 12.1. The van der Waals surface area contributed by atoms with Gasteiger partial charge in [-0.15, -0.1) is 0 Å². The molecule has 0 radical (unpaired) electrons. The van der Waals surface area contributed by atoms with Crippen molar-refractivity contribution in [1.82, 2.24) is 5.32 Å². The van der Waals surface area contributed by atoms with E-state index < -0.39 is 11.9 Å². The Morgan fingerprint density at radius 2 is 2.24 bits per heavy atom. The average Bonchev–Trinajstić information content (AvgIpc) is 2.26. The van der Waals surface area contributed by atoms with Crippen molar-refractivity contribution in [3.63, 3.8) is 0 Å². The summed E-state index contributed by atoms with van der Waals surface area (Å²) >= 11 is 0. The second kappa shape index (κ2) is 5.95. The van der Waals surface area contributed by atoms with Crippen LogP contribution >= 0.6 is 0 Å². The number of ether oxygens (including phenoxy) is 2. The van der Waals surface area contributed by atoms with Gasteiger partial charge in [0.1, 0.15) is 12.7 Å². The van der Waals surface area contributed by atoms with Crippen LogP contribution in [0.25, 0.3) is 0 Å². The Kier molecular flexibility index (Phi) is 4.30. The zero-order valence-electron chi connectivity index (χ0n) is 9.43. The van der Waals surface area contributed by atoms with E-state index in [-0.39, 0.29) is 12.4 Å². The maximum atomic E-state index is 13.2. The van der Waals surface area contributed by atoms with Gasteiger partial charge < -0.3 is 19.9 Å². The highest BCUT2D eigenvalue weighted by atomic mass is 19.1. The summed E-state index contributed by atoms with van der Waals surface area (Å²) in [5, 5.41) is 12.7. The van der Waals surface area contributed by atoms with Crippen molar-refractivity contribution in [2.45, 2.75) is 12.1 Å². The van der Waals surface area contributed by atoms with Gasteiger partial charge in [-0.3, -0.25) is 0 Å². The highest BCUT2D eigenvalue weighted by molar-refractivity contribution is 5.23. The Balaban J connectivity index is 1.68.